The highest BCUT2D eigenvalue weighted by Gasteiger charge is 2.10. The van der Waals surface area contributed by atoms with Crippen LogP contribution in [0.1, 0.15) is 24.3 Å². The first-order valence-corrected chi connectivity index (χ1v) is 6.29. The van der Waals surface area contributed by atoms with Gasteiger partial charge in [0, 0.05) is 6.04 Å². The third-order valence-electron chi connectivity index (χ3n) is 2.89. The second-order valence-electron chi connectivity index (χ2n) is 4.20. The number of rotatable bonds is 5. The molecule has 0 aliphatic heterocycles. The average molecular weight is 284 g/mol. The first-order chi connectivity index (χ1) is 9.10. The molecule has 102 valence electrons. The summed E-state index contributed by atoms with van der Waals surface area (Å²) in [6.45, 7) is 2.48. The van der Waals surface area contributed by atoms with Crippen molar-refractivity contribution in [2.24, 2.45) is 0 Å². The molecule has 1 heterocycles. The van der Waals surface area contributed by atoms with Crippen molar-refractivity contribution in [2.45, 2.75) is 19.5 Å². The second-order valence-corrected chi connectivity index (χ2v) is 4.57. The fourth-order valence-electron chi connectivity index (χ4n) is 1.77. The van der Waals surface area contributed by atoms with Crippen molar-refractivity contribution in [3.63, 3.8) is 0 Å². The zero-order valence-corrected chi connectivity index (χ0v) is 11.5. The highest BCUT2D eigenvalue weighted by Crippen LogP contribution is 2.22. The van der Waals surface area contributed by atoms with Crippen molar-refractivity contribution in [1.29, 1.82) is 0 Å². The summed E-state index contributed by atoms with van der Waals surface area (Å²) in [4.78, 5) is 0. The second kappa shape index (κ2) is 6.08. The molecular weight excluding hydrogens is 269 g/mol. The van der Waals surface area contributed by atoms with Gasteiger partial charge in [0.1, 0.15) is 5.76 Å². The van der Waals surface area contributed by atoms with E-state index >= 15 is 0 Å². The highest BCUT2D eigenvalue weighted by atomic mass is 35.5. The third-order valence-corrected chi connectivity index (χ3v) is 3.09. The fraction of sp³-hybridized carbons (Fsp3) is 0.286. The quantitative estimate of drug-likeness (QED) is 0.903. The van der Waals surface area contributed by atoms with Crippen LogP contribution in [-0.4, -0.2) is 7.11 Å². The van der Waals surface area contributed by atoms with E-state index in [9.17, 15) is 4.39 Å². The summed E-state index contributed by atoms with van der Waals surface area (Å²) in [5.41, 5.74) is 0.843. The van der Waals surface area contributed by atoms with E-state index in [-0.39, 0.29) is 17.6 Å². The Morgan fingerprint density at radius 3 is 2.74 bits per heavy atom. The lowest BCUT2D eigenvalue weighted by molar-refractivity contribution is 0.385. The van der Waals surface area contributed by atoms with Crippen molar-refractivity contribution in [1.82, 2.24) is 5.32 Å². The van der Waals surface area contributed by atoms with E-state index in [4.69, 9.17) is 20.8 Å². The van der Waals surface area contributed by atoms with E-state index in [0.717, 1.165) is 11.3 Å². The monoisotopic (exact) mass is 283 g/mol. The number of hydrogen-bond acceptors (Lipinski definition) is 3. The van der Waals surface area contributed by atoms with Gasteiger partial charge >= 0.3 is 0 Å². The molecule has 0 saturated heterocycles. The highest BCUT2D eigenvalue weighted by molar-refractivity contribution is 6.28. The van der Waals surface area contributed by atoms with Gasteiger partial charge in [0.15, 0.2) is 16.8 Å². The number of ether oxygens (including phenoxy) is 1. The summed E-state index contributed by atoms with van der Waals surface area (Å²) in [5, 5.41) is 3.59. The lowest BCUT2D eigenvalue weighted by Gasteiger charge is -2.14. The first-order valence-electron chi connectivity index (χ1n) is 5.91. The van der Waals surface area contributed by atoms with E-state index in [1.54, 1.807) is 18.2 Å². The Labute approximate surface area is 116 Å². The van der Waals surface area contributed by atoms with Gasteiger partial charge in [-0.25, -0.2) is 4.39 Å². The Balaban J connectivity index is 1.99. The number of nitrogens with one attached hydrogen (secondary N) is 1. The van der Waals surface area contributed by atoms with Crippen LogP contribution in [0.2, 0.25) is 5.22 Å². The van der Waals surface area contributed by atoms with Gasteiger partial charge in [0.05, 0.1) is 13.7 Å². The van der Waals surface area contributed by atoms with E-state index < -0.39 is 0 Å². The molecule has 0 amide bonds. The zero-order chi connectivity index (χ0) is 13.8. The number of benzene rings is 1. The third kappa shape index (κ3) is 3.49. The number of halogens is 2. The molecule has 1 aromatic carbocycles. The van der Waals surface area contributed by atoms with Gasteiger partial charge in [-0.15, -0.1) is 0 Å². The summed E-state index contributed by atoms with van der Waals surface area (Å²) in [5.74, 6) is 0.620. The molecule has 0 aliphatic rings. The van der Waals surface area contributed by atoms with E-state index in [2.05, 4.69) is 5.32 Å². The van der Waals surface area contributed by atoms with Crippen molar-refractivity contribution in [3.8, 4) is 5.75 Å². The molecule has 0 spiro atoms. The normalized spacial score (nSPS) is 12.4. The van der Waals surface area contributed by atoms with Crippen LogP contribution in [0.3, 0.4) is 0 Å². The topological polar surface area (TPSA) is 34.4 Å². The van der Waals surface area contributed by atoms with Gasteiger partial charge < -0.3 is 14.5 Å². The SMILES string of the molecule is COc1ccc(C(C)NCc2ccc(Cl)o2)cc1F. The largest absolute Gasteiger partial charge is 0.494 e. The van der Waals surface area contributed by atoms with Crippen LogP contribution in [0, 0.1) is 5.82 Å². The van der Waals surface area contributed by atoms with Gasteiger partial charge in [-0.05, 0) is 48.4 Å². The molecule has 0 fully saturated rings. The number of hydrogen-bond donors (Lipinski definition) is 1. The fourth-order valence-corrected chi connectivity index (χ4v) is 1.93. The van der Waals surface area contributed by atoms with Crippen molar-refractivity contribution >= 4 is 11.6 Å². The Bertz CT molecular complexity index is 556. The van der Waals surface area contributed by atoms with Crippen molar-refractivity contribution < 1.29 is 13.5 Å². The molecule has 2 rings (SSSR count). The maximum Gasteiger partial charge on any atom is 0.193 e. The Hall–Kier alpha value is -1.52. The van der Waals surface area contributed by atoms with Crippen LogP contribution < -0.4 is 10.1 Å². The van der Waals surface area contributed by atoms with Gasteiger partial charge in [-0.2, -0.15) is 0 Å². The molecule has 5 heteroatoms. The van der Waals surface area contributed by atoms with Crippen LogP contribution in [0.15, 0.2) is 34.7 Å². The maximum absolute atomic E-state index is 13.6. The summed E-state index contributed by atoms with van der Waals surface area (Å²) >= 11 is 5.69. The lowest BCUT2D eigenvalue weighted by atomic mass is 10.1. The molecule has 3 nitrogen and oxygen atoms in total. The molecule has 1 N–H and O–H groups in total. The van der Waals surface area contributed by atoms with Gasteiger partial charge in [0.25, 0.3) is 0 Å². The predicted octanol–water partition coefficient (Wildman–Crippen LogP) is 3.93. The molecule has 0 aliphatic carbocycles. The van der Waals surface area contributed by atoms with Crippen LogP contribution >= 0.6 is 11.6 Å². The summed E-state index contributed by atoms with van der Waals surface area (Å²) in [6.07, 6.45) is 0. The van der Waals surface area contributed by atoms with Crippen LogP contribution in [0.5, 0.6) is 5.75 Å². The molecule has 1 atom stereocenters. The predicted molar refractivity (Wildman–Crippen MR) is 71.9 cm³/mol. The number of methoxy groups -OCH3 is 1. The van der Waals surface area contributed by atoms with Gasteiger partial charge in [-0.3, -0.25) is 0 Å². The van der Waals surface area contributed by atoms with Gasteiger partial charge in [-0.1, -0.05) is 6.07 Å². The molecular formula is C14H15ClFNO2. The van der Waals surface area contributed by atoms with Crippen LogP contribution in [-0.2, 0) is 6.54 Å². The molecule has 19 heavy (non-hydrogen) atoms. The van der Waals surface area contributed by atoms with Gasteiger partial charge in [0.2, 0.25) is 0 Å². The van der Waals surface area contributed by atoms with Crippen molar-refractivity contribution in [2.75, 3.05) is 7.11 Å². The van der Waals surface area contributed by atoms with E-state index in [1.165, 1.54) is 13.2 Å². The molecule has 1 unspecified atom stereocenters. The molecule has 0 bridgehead atoms. The smallest absolute Gasteiger partial charge is 0.193 e. The van der Waals surface area contributed by atoms with Crippen molar-refractivity contribution in [3.05, 3.63) is 52.7 Å². The van der Waals surface area contributed by atoms with E-state index in [1.807, 2.05) is 13.0 Å². The Kier molecular flexibility index (Phi) is 4.45. The summed E-state index contributed by atoms with van der Waals surface area (Å²) in [6, 6.07) is 8.39. The molecule has 2 aromatic rings. The minimum atomic E-state index is -0.366. The van der Waals surface area contributed by atoms with Crippen LogP contribution in [0.25, 0.3) is 0 Å². The average Bonchev–Trinajstić information content (AvgIpc) is 2.81. The summed E-state index contributed by atoms with van der Waals surface area (Å²) in [7, 11) is 1.44. The molecule has 1 aromatic heterocycles. The molecule has 0 radical (unpaired) electrons. The Morgan fingerprint density at radius 1 is 1.37 bits per heavy atom. The lowest BCUT2D eigenvalue weighted by Crippen LogP contribution is -2.17. The zero-order valence-electron chi connectivity index (χ0n) is 10.7. The first kappa shape index (κ1) is 13.9. The van der Waals surface area contributed by atoms with E-state index in [0.29, 0.717) is 11.8 Å². The minimum Gasteiger partial charge on any atom is -0.494 e. The maximum atomic E-state index is 13.6. The number of furan rings is 1. The molecule has 0 saturated carbocycles. The standard InChI is InChI=1S/C14H15ClFNO2/c1-9(17-8-11-4-6-14(15)19-11)10-3-5-13(18-2)12(16)7-10/h3-7,9,17H,8H2,1-2H3. The Morgan fingerprint density at radius 2 is 2.16 bits per heavy atom. The van der Waals surface area contributed by atoms with Crippen LogP contribution in [0.4, 0.5) is 4.39 Å². The minimum absolute atomic E-state index is 0.00992. The summed E-state index contributed by atoms with van der Waals surface area (Å²) < 4.78 is 23.7.